The second-order valence-electron chi connectivity index (χ2n) is 3.88. The second kappa shape index (κ2) is 6.01. The number of carbonyl (C=O) groups is 1. The number of pyridine rings is 1. The highest BCUT2D eigenvalue weighted by Crippen LogP contribution is 2.17. The number of hydrogen-bond donors (Lipinski definition) is 3. The van der Waals surface area contributed by atoms with E-state index in [1.165, 1.54) is 23.6 Å². The number of nitrogens with one attached hydrogen (secondary N) is 1. The van der Waals surface area contributed by atoms with E-state index < -0.39 is 12.0 Å². The molecule has 0 saturated heterocycles. The number of aliphatic hydroxyl groups excluding tert-OH is 1. The van der Waals surface area contributed by atoms with Gasteiger partial charge >= 0.3 is 0 Å². The molecule has 2 heterocycles. The van der Waals surface area contributed by atoms with Crippen molar-refractivity contribution in [3.63, 3.8) is 0 Å². The number of thiophene rings is 1. The van der Waals surface area contributed by atoms with Crippen molar-refractivity contribution in [2.45, 2.75) is 6.10 Å². The smallest absolute Gasteiger partial charge is 0.253 e. The molecule has 0 spiro atoms. The van der Waals surface area contributed by atoms with Crippen molar-refractivity contribution in [3.8, 4) is 0 Å². The van der Waals surface area contributed by atoms with Gasteiger partial charge in [-0.15, -0.1) is 0 Å². The van der Waals surface area contributed by atoms with Crippen molar-refractivity contribution in [1.29, 1.82) is 0 Å². The van der Waals surface area contributed by atoms with Crippen molar-refractivity contribution in [2.75, 3.05) is 12.3 Å². The fourth-order valence-corrected chi connectivity index (χ4v) is 2.37. The van der Waals surface area contributed by atoms with E-state index >= 15 is 0 Å². The molecule has 1 amide bonds. The zero-order chi connectivity index (χ0) is 13.8. The first kappa shape index (κ1) is 13.8. The van der Waals surface area contributed by atoms with Crippen LogP contribution in [0, 0.1) is 0 Å². The average Bonchev–Trinajstić information content (AvgIpc) is 2.92. The SMILES string of the molecule is Nc1cnc(Cl)cc1C(=O)NCC(O)c1ccsc1. The fraction of sp³-hybridized carbons (Fsp3) is 0.167. The van der Waals surface area contributed by atoms with Gasteiger partial charge in [0.05, 0.1) is 23.6 Å². The van der Waals surface area contributed by atoms with Crippen LogP contribution in [0.2, 0.25) is 5.15 Å². The van der Waals surface area contributed by atoms with E-state index in [0.29, 0.717) is 0 Å². The lowest BCUT2D eigenvalue weighted by Gasteiger charge is -2.11. The Balaban J connectivity index is 2.00. The zero-order valence-corrected chi connectivity index (χ0v) is 11.4. The largest absolute Gasteiger partial charge is 0.397 e. The number of halogens is 1. The lowest BCUT2D eigenvalue weighted by molar-refractivity contribution is 0.0917. The highest BCUT2D eigenvalue weighted by molar-refractivity contribution is 7.07. The van der Waals surface area contributed by atoms with Crippen LogP contribution < -0.4 is 11.1 Å². The molecule has 0 aromatic carbocycles. The van der Waals surface area contributed by atoms with Crippen molar-refractivity contribution in [1.82, 2.24) is 10.3 Å². The number of nitrogen functional groups attached to an aromatic ring is 1. The second-order valence-corrected chi connectivity index (χ2v) is 5.04. The Hall–Kier alpha value is -1.63. The van der Waals surface area contributed by atoms with Gasteiger partial charge in [-0.05, 0) is 28.5 Å². The van der Waals surface area contributed by atoms with Gasteiger partial charge in [-0.2, -0.15) is 11.3 Å². The molecule has 0 radical (unpaired) electrons. The Morgan fingerprint density at radius 1 is 1.63 bits per heavy atom. The molecule has 0 aliphatic carbocycles. The lowest BCUT2D eigenvalue weighted by atomic mass is 10.2. The summed E-state index contributed by atoms with van der Waals surface area (Å²) in [7, 11) is 0. The van der Waals surface area contributed by atoms with Gasteiger partial charge in [-0.3, -0.25) is 4.79 Å². The van der Waals surface area contributed by atoms with Crippen LogP contribution in [0.5, 0.6) is 0 Å². The molecule has 7 heteroatoms. The zero-order valence-electron chi connectivity index (χ0n) is 9.84. The van der Waals surface area contributed by atoms with Crippen LogP contribution in [0.15, 0.2) is 29.1 Å². The van der Waals surface area contributed by atoms with E-state index in [1.807, 2.05) is 10.8 Å². The van der Waals surface area contributed by atoms with Gasteiger partial charge in [-0.25, -0.2) is 4.98 Å². The molecular formula is C12H12ClN3O2S. The summed E-state index contributed by atoms with van der Waals surface area (Å²) in [5.74, 6) is -0.393. The maximum absolute atomic E-state index is 11.9. The summed E-state index contributed by atoms with van der Waals surface area (Å²) in [6, 6.07) is 3.20. The Morgan fingerprint density at radius 2 is 2.42 bits per heavy atom. The molecule has 1 atom stereocenters. The third-order valence-electron chi connectivity index (χ3n) is 2.53. The number of carbonyl (C=O) groups excluding carboxylic acids is 1. The highest BCUT2D eigenvalue weighted by atomic mass is 35.5. The molecule has 2 aromatic rings. The number of amides is 1. The van der Waals surface area contributed by atoms with Crippen molar-refractivity contribution >= 4 is 34.5 Å². The predicted molar refractivity (Wildman–Crippen MR) is 75.3 cm³/mol. The first-order valence-corrected chi connectivity index (χ1v) is 6.79. The number of rotatable bonds is 4. The summed E-state index contributed by atoms with van der Waals surface area (Å²) in [4.78, 5) is 15.7. The van der Waals surface area contributed by atoms with Gasteiger partial charge in [-0.1, -0.05) is 11.6 Å². The fourth-order valence-electron chi connectivity index (χ4n) is 1.50. The Kier molecular flexibility index (Phi) is 4.36. The van der Waals surface area contributed by atoms with Crippen molar-refractivity contribution < 1.29 is 9.90 Å². The predicted octanol–water partition coefficient (Wildman–Crippen LogP) is 1.84. The minimum Gasteiger partial charge on any atom is -0.397 e. The standard InChI is InChI=1S/C12H12ClN3O2S/c13-11-3-8(9(14)4-15-11)12(18)16-5-10(17)7-1-2-19-6-7/h1-4,6,10,17H,5,14H2,(H,16,18). The lowest BCUT2D eigenvalue weighted by Crippen LogP contribution is -2.29. The third kappa shape index (κ3) is 3.44. The molecule has 0 bridgehead atoms. The molecule has 5 nitrogen and oxygen atoms in total. The number of aliphatic hydroxyl groups is 1. The quantitative estimate of drug-likeness (QED) is 0.751. The molecule has 0 aliphatic rings. The van der Waals surface area contributed by atoms with Gasteiger partial charge in [0.1, 0.15) is 5.15 Å². The van der Waals surface area contributed by atoms with Gasteiger partial charge in [0.25, 0.3) is 5.91 Å². The minimum atomic E-state index is -0.742. The summed E-state index contributed by atoms with van der Waals surface area (Å²) in [6.07, 6.45) is 0.584. The highest BCUT2D eigenvalue weighted by Gasteiger charge is 2.14. The summed E-state index contributed by atoms with van der Waals surface area (Å²) in [5.41, 5.74) is 6.91. The molecule has 1 unspecified atom stereocenters. The van der Waals surface area contributed by atoms with Gasteiger partial charge in [0.2, 0.25) is 0 Å². The maximum Gasteiger partial charge on any atom is 0.253 e. The first-order chi connectivity index (χ1) is 9.08. The molecular weight excluding hydrogens is 286 g/mol. The molecule has 0 fully saturated rings. The maximum atomic E-state index is 11.9. The summed E-state index contributed by atoms with van der Waals surface area (Å²) >= 11 is 7.19. The normalized spacial score (nSPS) is 12.1. The number of aromatic nitrogens is 1. The average molecular weight is 298 g/mol. The number of nitrogens with zero attached hydrogens (tertiary/aromatic N) is 1. The van der Waals surface area contributed by atoms with Crippen LogP contribution in [0.25, 0.3) is 0 Å². The van der Waals surface area contributed by atoms with Gasteiger partial charge in [0.15, 0.2) is 0 Å². The van der Waals surface area contributed by atoms with Gasteiger partial charge < -0.3 is 16.2 Å². The van der Waals surface area contributed by atoms with Crippen molar-refractivity contribution in [2.24, 2.45) is 0 Å². The van der Waals surface area contributed by atoms with Gasteiger partial charge in [0, 0.05) is 6.54 Å². The molecule has 19 heavy (non-hydrogen) atoms. The Labute approximate surface area is 119 Å². The van der Waals surface area contributed by atoms with E-state index in [9.17, 15) is 9.90 Å². The van der Waals surface area contributed by atoms with E-state index in [-0.39, 0.29) is 22.9 Å². The van der Waals surface area contributed by atoms with E-state index in [2.05, 4.69) is 10.3 Å². The number of hydrogen-bond acceptors (Lipinski definition) is 5. The molecule has 0 saturated carbocycles. The Bertz CT molecular complexity index is 574. The number of anilines is 1. The van der Waals surface area contributed by atoms with Crippen LogP contribution in [0.1, 0.15) is 22.0 Å². The molecule has 4 N–H and O–H groups in total. The number of nitrogens with two attached hydrogens (primary N) is 1. The monoisotopic (exact) mass is 297 g/mol. The van der Waals surface area contributed by atoms with E-state index in [4.69, 9.17) is 17.3 Å². The van der Waals surface area contributed by atoms with Crippen LogP contribution in [0.4, 0.5) is 5.69 Å². The topological polar surface area (TPSA) is 88.2 Å². The molecule has 100 valence electrons. The summed E-state index contributed by atoms with van der Waals surface area (Å²) < 4.78 is 0. The molecule has 0 aliphatic heterocycles. The van der Waals surface area contributed by atoms with Crippen LogP contribution in [0.3, 0.4) is 0 Å². The van der Waals surface area contributed by atoms with Crippen LogP contribution >= 0.6 is 22.9 Å². The van der Waals surface area contributed by atoms with E-state index in [0.717, 1.165) is 5.56 Å². The van der Waals surface area contributed by atoms with E-state index in [1.54, 1.807) is 6.07 Å². The third-order valence-corrected chi connectivity index (χ3v) is 3.44. The Morgan fingerprint density at radius 3 is 3.11 bits per heavy atom. The summed E-state index contributed by atoms with van der Waals surface area (Å²) in [6.45, 7) is 0.106. The molecule has 2 rings (SSSR count). The first-order valence-electron chi connectivity index (χ1n) is 5.47. The molecule has 2 aromatic heterocycles. The van der Waals surface area contributed by atoms with Crippen LogP contribution in [-0.4, -0.2) is 22.5 Å². The summed E-state index contributed by atoms with van der Waals surface area (Å²) in [5, 5.41) is 16.3. The minimum absolute atomic E-state index is 0.106. The van der Waals surface area contributed by atoms with Crippen molar-refractivity contribution in [3.05, 3.63) is 45.4 Å². The van der Waals surface area contributed by atoms with Crippen LogP contribution in [-0.2, 0) is 0 Å².